The normalized spacial score (nSPS) is 27.2. The van der Waals surface area contributed by atoms with Gasteiger partial charge in [-0.25, -0.2) is 0 Å². The predicted octanol–water partition coefficient (Wildman–Crippen LogP) is 2.17. The van der Waals surface area contributed by atoms with Crippen LogP contribution in [0, 0.1) is 0 Å². The van der Waals surface area contributed by atoms with Gasteiger partial charge in [0.1, 0.15) is 0 Å². The first kappa shape index (κ1) is 30.0. The van der Waals surface area contributed by atoms with Gasteiger partial charge in [-0.2, -0.15) is 0 Å². The number of benzene rings is 2. The topological polar surface area (TPSA) is 94.2 Å². The average Bonchev–Trinajstić information content (AvgIpc) is 3.82. The van der Waals surface area contributed by atoms with Crippen LogP contribution in [0.4, 0.5) is 0 Å². The maximum absolute atomic E-state index is 13.7. The van der Waals surface area contributed by atoms with E-state index in [4.69, 9.17) is 13.9 Å². The Hall–Kier alpha value is -1.07. The number of methoxy groups -OCH3 is 1. The van der Waals surface area contributed by atoms with Crippen LogP contribution in [0.1, 0.15) is 27.2 Å². The minimum atomic E-state index is -3.22. The molecule has 41 heavy (non-hydrogen) atoms. The molecule has 1 amide bonds. The number of amides is 1. The molecule has 5 heterocycles. The molecule has 0 aromatic heterocycles. The molecule has 12 heteroatoms. The summed E-state index contributed by atoms with van der Waals surface area (Å²) in [7, 11) is -4.26. The molecule has 0 spiro atoms. The fraction of sp³-hybridized carbons (Fsp3) is 0.552. The summed E-state index contributed by atoms with van der Waals surface area (Å²) in [5.74, 6) is 0.000923. The molecule has 8 nitrogen and oxygen atoms in total. The SMILES string of the molecule is COC[C]12[Co]3[Co]1[C]32C1(OCCCNS(C)(=O)=O)CN(C(=O)CO[Si](c2ccccc2)(c2ccccc2)C(C)(C)C)C1. The molecule has 1 N–H and O–H groups in total. The molecule has 0 saturated carbocycles. The van der Waals surface area contributed by atoms with Gasteiger partial charge in [0, 0.05) is 0 Å². The van der Waals surface area contributed by atoms with Crippen LogP contribution in [0.25, 0.3) is 0 Å². The van der Waals surface area contributed by atoms with Gasteiger partial charge in [0.15, 0.2) is 0 Å². The Morgan fingerprint density at radius 2 is 1.59 bits per heavy atom. The molecule has 0 aliphatic carbocycles. The van der Waals surface area contributed by atoms with Gasteiger partial charge in [0.25, 0.3) is 0 Å². The van der Waals surface area contributed by atoms with Gasteiger partial charge >= 0.3 is 253 Å². The summed E-state index contributed by atoms with van der Waals surface area (Å²) < 4.78 is 45.1. The Morgan fingerprint density at radius 1 is 1.02 bits per heavy atom. The molecule has 0 radical (unpaired) electrons. The van der Waals surface area contributed by atoms with Gasteiger partial charge in [-0.1, -0.05) is 0 Å². The maximum atomic E-state index is 13.7. The molecule has 7 rings (SSSR count). The minimum absolute atomic E-state index is 0.000923. The molecule has 230 valence electrons. The fourth-order valence-corrected chi connectivity index (χ4v) is 26.2. The molecular weight excluding hydrogens is 650 g/mol. The van der Waals surface area contributed by atoms with Crippen LogP contribution in [0.5, 0.6) is 0 Å². The molecular formula is C29H40Co2N2O6SSi. The van der Waals surface area contributed by atoms with Gasteiger partial charge in [-0.05, 0) is 0 Å². The van der Waals surface area contributed by atoms with Crippen molar-refractivity contribution in [2.75, 3.05) is 52.8 Å². The summed E-state index contributed by atoms with van der Waals surface area (Å²) >= 11 is 0.0845. The van der Waals surface area contributed by atoms with E-state index in [9.17, 15) is 13.2 Å². The summed E-state index contributed by atoms with van der Waals surface area (Å²) in [6.45, 7) is 9.46. The van der Waals surface area contributed by atoms with Crippen molar-refractivity contribution in [3.8, 4) is 0 Å². The van der Waals surface area contributed by atoms with Crippen LogP contribution in [0.3, 0.4) is 0 Å². The molecule has 5 aliphatic heterocycles. The van der Waals surface area contributed by atoms with Crippen LogP contribution in [0.15, 0.2) is 60.7 Å². The van der Waals surface area contributed by atoms with E-state index in [2.05, 4.69) is 49.8 Å². The summed E-state index contributed by atoms with van der Waals surface area (Å²) in [5.41, 5.74) is -0.320. The quantitative estimate of drug-likeness (QED) is 0.242. The Labute approximate surface area is 251 Å². The first-order valence-electron chi connectivity index (χ1n) is 13.8. The number of sulfonamides is 1. The molecule has 0 atom stereocenters. The van der Waals surface area contributed by atoms with Gasteiger partial charge in [0.2, 0.25) is 0 Å². The summed E-state index contributed by atoms with van der Waals surface area (Å²) in [6.07, 6.45) is 1.77. The zero-order valence-electron chi connectivity index (χ0n) is 24.2. The second kappa shape index (κ2) is 10.2. The number of hydrogen-bond acceptors (Lipinski definition) is 6. The molecule has 5 aliphatic rings. The van der Waals surface area contributed by atoms with E-state index < -0.39 is 18.3 Å². The number of nitrogens with zero attached hydrogens (tertiary/aromatic N) is 1. The van der Waals surface area contributed by atoms with Crippen molar-refractivity contribution >= 4 is 34.6 Å². The van der Waals surface area contributed by atoms with Crippen molar-refractivity contribution in [2.45, 2.75) is 44.4 Å². The molecule has 0 bridgehead atoms. The van der Waals surface area contributed by atoms with E-state index in [0.29, 0.717) is 35.9 Å². The van der Waals surface area contributed by atoms with Crippen molar-refractivity contribution in [1.29, 1.82) is 0 Å². The Kier molecular flexibility index (Phi) is 7.49. The van der Waals surface area contributed by atoms with Crippen molar-refractivity contribution in [1.82, 2.24) is 9.62 Å². The number of carbonyl (C=O) groups excluding carboxylic acids is 1. The van der Waals surface area contributed by atoms with Crippen LogP contribution in [-0.4, -0.2) is 86.0 Å². The van der Waals surface area contributed by atoms with Gasteiger partial charge in [-0.15, -0.1) is 0 Å². The van der Waals surface area contributed by atoms with E-state index in [1.54, 1.807) is 7.11 Å². The molecule has 2 aromatic rings. The van der Waals surface area contributed by atoms with Crippen molar-refractivity contribution in [3.63, 3.8) is 0 Å². The third-order valence-corrected chi connectivity index (χ3v) is 26.2. The van der Waals surface area contributed by atoms with E-state index in [1.165, 1.54) is 6.26 Å². The Bertz CT molecular complexity index is 1370. The van der Waals surface area contributed by atoms with Gasteiger partial charge in [0.05, 0.1) is 0 Å². The van der Waals surface area contributed by atoms with Crippen LogP contribution in [0.2, 0.25) is 11.6 Å². The van der Waals surface area contributed by atoms with E-state index in [1.807, 2.05) is 41.3 Å². The Morgan fingerprint density at radius 3 is 2.07 bits per heavy atom. The van der Waals surface area contributed by atoms with E-state index in [-0.39, 0.29) is 50.3 Å². The predicted molar refractivity (Wildman–Crippen MR) is 154 cm³/mol. The van der Waals surface area contributed by atoms with E-state index >= 15 is 0 Å². The number of hydrogen-bond donors (Lipinski definition) is 1. The number of carbonyl (C=O) groups is 1. The second-order valence-corrected chi connectivity index (χ2v) is 26.3. The fourth-order valence-electron chi connectivity index (χ4n) is 6.24. The first-order valence-corrected chi connectivity index (χ1v) is 21.5. The van der Waals surface area contributed by atoms with Gasteiger partial charge < -0.3 is 0 Å². The van der Waals surface area contributed by atoms with Crippen molar-refractivity contribution < 1.29 is 50.9 Å². The van der Waals surface area contributed by atoms with Crippen molar-refractivity contribution in [2.24, 2.45) is 0 Å². The number of ether oxygens (including phenoxy) is 2. The zero-order valence-corrected chi connectivity index (χ0v) is 28.1. The molecule has 5 saturated heterocycles. The first-order chi connectivity index (χ1) is 19.4. The molecule has 0 unspecified atom stereocenters. The van der Waals surface area contributed by atoms with Crippen LogP contribution < -0.4 is 15.1 Å². The standard InChI is InChI=1S/C29H40N2O6SSi.2Co/c1-28(2,3)39(25-14-8-6-9-15-25,26-16-10-7-11-17-26)37-22-27(32)31-23-29(24-31,18-12-20-35-4)36-21-13-19-30-38(5,33)34;;/h6-11,14-17,30H,13,19-24H2,1-5H3;;. The summed E-state index contributed by atoms with van der Waals surface area (Å²) in [6, 6.07) is 20.8. The monoisotopic (exact) mass is 690 g/mol. The zero-order chi connectivity index (χ0) is 29.3. The third-order valence-electron chi connectivity index (χ3n) is 8.22. The number of nitrogens with one attached hydrogen (secondary N) is 1. The second-order valence-electron chi connectivity index (χ2n) is 12.0. The summed E-state index contributed by atoms with van der Waals surface area (Å²) in [4.78, 5) is 15.6. The number of likely N-dealkylation sites (tertiary alicyclic amines) is 1. The molecule has 5 fully saturated rings. The van der Waals surface area contributed by atoms with Gasteiger partial charge in [-0.3, -0.25) is 0 Å². The summed E-state index contributed by atoms with van der Waals surface area (Å²) in [5, 5.41) is 2.11. The van der Waals surface area contributed by atoms with Crippen LogP contribution in [-0.2, 0) is 52.5 Å². The average molecular weight is 691 g/mol. The Balaban J connectivity index is 1.16. The van der Waals surface area contributed by atoms with Crippen molar-refractivity contribution in [3.05, 3.63) is 60.7 Å². The third kappa shape index (κ3) is 4.56. The molecule has 2 aromatic carbocycles. The number of rotatable bonds is 14. The van der Waals surface area contributed by atoms with E-state index in [0.717, 1.165) is 17.0 Å². The van der Waals surface area contributed by atoms with Crippen LogP contribution >= 0.6 is 0 Å².